The predicted octanol–water partition coefficient (Wildman–Crippen LogP) is -0.266. The average Bonchev–Trinajstić information content (AvgIpc) is 2.81. The minimum atomic E-state index is -4.08. The molecule has 0 bridgehead atoms. The summed E-state index contributed by atoms with van der Waals surface area (Å²) in [4.78, 5) is 33.6. The number of anilines is 1. The highest BCUT2D eigenvalue weighted by molar-refractivity contribution is 7.92. The van der Waals surface area contributed by atoms with Crippen LogP contribution in [0, 0.1) is 0 Å². The summed E-state index contributed by atoms with van der Waals surface area (Å²) in [5.41, 5.74) is -0.000149. The number of benzene rings is 2. The van der Waals surface area contributed by atoms with Crippen molar-refractivity contribution in [1.82, 2.24) is 5.32 Å². The van der Waals surface area contributed by atoms with Crippen LogP contribution in [0.3, 0.4) is 0 Å². The van der Waals surface area contributed by atoms with Crippen molar-refractivity contribution in [3.8, 4) is 0 Å². The van der Waals surface area contributed by atoms with Gasteiger partial charge in [-0.05, 0) is 35.9 Å². The van der Waals surface area contributed by atoms with Gasteiger partial charge >= 0.3 is 0 Å². The molecule has 0 saturated heterocycles. The molecule has 0 aliphatic carbocycles. The van der Waals surface area contributed by atoms with Gasteiger partial charge in [0.25, 0.3) is 21.8 Å². The molecule has 0 unspecified atom stereocenters. The lowest BCUT2D eigenvalue weighted by molar-refractivity contribution is -0.255. The number of amides is 2. The van der Waals surface area contributed by atoms with E-state index in [0.717, 1.165) is 6.07 Å². The van der Waals surface area contributed by atoms with Crippen molar-refractivity contribution in [2.45, 2.75) is 4.90 Å². The number of carboxylic acid groups (broad SMARTS) is 1. The topological polar surface area (TPSA) is 132 Å². The Bertz CT molecular complexity index is 997. The SMILES string of the molecule is O=C([O-])c1cccc(S(=O)(=O)Nc2ccc3c(c2)C(=O)NC3=O)c1. The molecular formula is C15H9N2O6S-. The summed E-state index contributed by atoms with van der Waals surface area (Å²) in [6.45, 7) is 0. The van der Waals surface area contributed by atoms with E-state index < -0.39 is 27.8 Å². The number of carbonyl (C=O) groups is 3. The molecule has 0 spiro atoms. The molecule has 1 heterocycles. The third-order valence-electron chi connectivity index (χ3n) is 3.37. The second kappa shape index (κ2) is 5.46. The Hall–Kier alpha value is -3.20. The van der Waals surface area contributed by atoms with E-state index in [1.165, 1.54) is 36.4 Å². The van der Waals surface area contributed by atoms with Crippen molar-refractivity contribution in [2.24, 2.45) is 0 Å². The summed E-state index contributed by atoms with van der Waals surface area (Å²) in [7, 11) is -4.08. The van der Waals surface area contributed by atoms with Crippen LogP contribution in [0.4, 0.5) is 5.69 Å². The molecule has 0 fully saturated rings. The van der Waals surface area contributed by atoms with Crippen molar-refractivity contribution in [3.05, 3.63) is 59.2 Å². The minimum absolute atomic E-state index is 0.0590. The van der Waals surface area contributed by atoms with E-state index in [0.29, 0.717) is 0 Å². The zero-order chi connectivity index (χ0) is 17.5. The van der Waals surface area contributed by atoms with Crippen LogP contribution >= 0.6 is 0 Å². The first-order chi connectivity index (χ1) is 11.3. The van der Waals surface area contributed by atoms with Gasteiger partial charge in [-0.3, -0.25) is 19.6 Å². The second-order valence-corrected chi connectivity index (χ2v) is 6.65. The van der Waals surface area contributed by atoms with Crippen LogP contribution in [0.1, 0.15) is 31.1 Å². The number of aromatic carboxylic acids is 1. The molecule has 3 rings (SSSR count). The van der Waals surface area contributed by atoms with Gasteiger partial charge in [-0.15, -0.1) is 0 Å². The quantitative estimate of drug-likeness (QED) is 0.733. The number of rotatable bonds is 4. The molecule has 9 heteroatoms. The molecule has 24 heavy (non-hydrogen) atoms. The maximum Gasteiger partial charge on any atom is 0.261 e. The number of hydrogen-bond acceptors (Lipinski definition) is 6. The van der Waals surface area contributed by atoms with Gasteiger partial charge in [0.15, 0.2) is 0 Å². The van der Waals surface area contributed by atoms with Gasteiger partial charge in [0.2, 0.25) is 0 Å². The van der Waals surface area contributed by atoms with Crippen LogP contribution in [-0.2, 0) is 10.0 Å². The van der Waals surface area contributed by atoms with E-state index in [1.54, 1.807) is 0 Å². The fourth-order valence-electron chi connectivity index (χ4n) is 2.24. The lowest BCUT2D eigenvalue weighted by Gasteiger charge is -2.10. The Morgan fingerprint density at radius 3 is 2.42 bits per heavy atom. The second-order valence-electron chi connectivity index (χ2n) is 4.96. The van der Waals surface area contributed by atoms with Gasteiger partial charge in [-0.1, -0.05) is 12.1 Å². The van der Waals surface area contributed by atoms with E-state index >= 15 is 0 Å². The summed E-state index contributed by atoms with van der Waals surface area (Å²) in [6, 6.07) is 8.55. The van der Waals surface area contributed by atoms with E-state index in [1.807, 2.05) is 0 Å². The fraction of sp³-hybridized carbons (Fsp3) is 0. The van der Waals surface area contributed by atoms with Crippen LogP contribution in [-0.4, -0.2) is 26.2 Å². The van der Waals surface area contributed by atoms with Crippen molar-refractivity contribution in [2.75, 3.05) is 4.72 Å². The molecule has 1 aliphatic heterocycles. The molecule has 0 atom stereocenters. The van der Waals surface area contributed by atoms with Gasteiger partial charge in [0, 0.05) is 5.69 Å². The van der Waals surface area contributed by atoms with E-state index in [9.17, 15) is 27.9 Å². The normalized spacial score (nSPS) is 13.3. The molecule has 2 amide bonds. The van der Waals surface area contributed by atoms with Crippen molar-refractivity contribution >= 4 is 33.5 Å². The minimum Gasteiger partial charge on any atom is -0.545 e. The largest absolute Gasteiger partial charge is 0.545 e. The molecule has 1 aliphatic rings. The molecule has 0 aromatic heterocycles. The van der Waals surface area contributed by atoms with Crippen molar-refractivity contribution in [3.63, 3.8) is 0 Å². The molecule has 2 aromatic rings. The number of nitrogens with one attached hydrogen (secondary N) is 2. The first-order valence-corrected chi connectivity index (χ1v) is 8.10. The van der Waals surface area contributed by atoms with Crippen LogP contribution in [0.15, 0.2) is 47.4 Å². The number of sulfonamides is 1. The lowest BCUT2D eigenvalue weighted by atomic mass is 10.1. The first-order valence-electron chi connectivity index (χ1n) is 6.62. The van der Waals surface area contributed by atoms with E-state index in [2.05, 4.69) is 10.0 Å². The van der Waals surface area contributed by atoms with Crippen LogP contribution in [0.25, 0.3) is 0 Å². The Kier molecular flexibility index (Phi) is 3.57. The molecular weight excluding hydrogens is 336 g/mol. The Morgan fingerprint density at radius 1 is 1.00 bits per heavy atom. The molecule has 8 nitrogen and oxygen atoms in total. The van der Waals surface area contributed by atoms with Crippen LogP contribution < -0.4 is 15.1 Å². The smallest absolute Gasteiger partial charge is 0.261 e. The summed E-state index contributed by atoms with van der Waals surface area (Å²) in [5, 5.41) is 12.9. The zero-order valence-electron chi connectivity index (χ0n) is 11.9. The molecule has 122 valence electrons. The highest BCUT2D eigenvalue weighted by Crippen LogP contribution is 2.23. The summed E-state index contributed by atoms with van der Waals surface area (Å²) >= 11 is 0. The summed E-state index contributed by atoms with van der Waals surface area (Å²) in [5.74, 6) is -2.67. The van der Waals surface area contributed by atoms with Gasteiger partial charge in [0.1, 0.15) is 0 Å². The number of carbonyl (C=O) groups excluding carboxylic acids is 3. The van der Waals surface area contributed by atoms with Gasteiger partial charge in [-0.2, -0.15) is 0 Å². The first kappa shape index (κ1) is 15.7. The van der Waals surface area contributed by atoms with Gasteiger partial charge in [0.05, 0.1) is 22.0 Å². The zero-order valence-corrected chi connectivity index (χ0v) is 12.7. The molecule has 2 aromatic carbocycles. The third kappa shape index (κ3) is 2.72. The van der Waals surface area contributed by atoms with Gasteiger partial charge < -0.3 is 9.90 Å². The fourth-order valence-corrected chi connectivity index (χ4v) is 3.33. The van der Waals surface area contributed by atoms with Crippen molar-refractivity contribution in [1.29, 1.82) is 0 Å². The molecule has 0 saturated carbocycles. The maximum absolute atomic E-state index is 12.3. The number of imide groups is 1. The lowest BCUT2D eigenvalue weighted by Crippen LogP contribution is -2.23. The number of carboxylic acids is 1. The summed E-state index contributed by atoms with van der Waals surface area (Å²) < 4.78 is 26.9. The summed E-state index contributed by atoms with van der Waals surface area (Å²) in [6.07, 6.45) is 0. The Morgan fingerprint density at radius 2 is 1.71 bits per heavy atom. The molecule has 0 radical (unpaired) electrons. The van der Waals surface area contributed by atoms with Crippen LogP contribution in [0.5, 0.6) is 0 Å². The number of hydrogen-bond donors (Lipinski definition) is 2. The standard InChI is InChI=1S/C15H10N2O6S/c18-13-11-5-4-9(7-12(11)14(19)16-13)17-24(22,23)10-3-1-2-8(6-10)15(20)21/h1-7,17H,(H,20,21)(H,16,18,19)/p-1. The maximum atomic E-state index is 12.3. The third-order valence-corrected chi connectivity index (χ3v) is 4.75. The highest BCUT2D eigenvalue weighted by Gasteiger charge is 2.27. The predicted molar refractivity (Wildman–Crippen MR) is 79.8 cm³/mol. The monoisotopic (exact) mass is 345 g/mol. The highest BCUT2D eigenvalue weighted by atomic mass is 32.2. The van der Waals surface area contributed by atoms with E-state index in [4.69, 9.17) is 0 Å². The van der Waals surface area contributed by atoms with Crippen LogP contribution in [0.2, 0.25) is 0 Å². The van der Waals surface area contributed by atoms with Gasteiger partial charge in [-0.25, -0.2) is 8.42 Å². The van der Waals surface area contributed by atoms with E-state index in [-0.39, 0.29) is 27.3 Å². The molecule has 2 N–H and O–H groups in total. The van der Waals surface area contributed by atoms with Crippen molar-refractivity contribution < 1.29 is 27.9 Å². The number of fused-ring (bicyclic) bond motifs is 1. The average molecular weight is 345 g/mol. The Labute approximate surface area is 136 Å². The Balaban J connectivity index is 1.95.